The van der Waals surface area contributed by atoms with Gasteiger partial charge in [-0.3, -0.25) is 9.98 Å². The Hall–Kier alpha value is -0.890. The van der Waals surface area contributed by atoms with Crippen LogP contribution in [0.15, 0.2) is 23.5 Å². The molecule has 0 spiro atoms. The Morgan fingerprint density at radius 2 is 2.00 bits per heavy atom. The molecule has 1 aromatic rings. The van der Waals surface area contributed by atoms with Gasteiger partial charge in [-0.05, 0) is 42.9 Å². The van der Waals surface area contributed by atoms with Crippen LogP contribution in [0.1, 0.15) is 31.4 Å². The van der Waals surface area contributed by atoms with Gasteiger partial charge >= 0.3 is 0 Å². The molecule has 0 radical (unpaired) electrons. The predicted molar refractivity (Wildman–Crippen MR) is 108 cm³/mol. The lowest BCUT2D eigenvalue weighted by atomic mass is 10.1. The van der Waals surface area contributed by atoms with Crippen molar-refractivity contribution in [1.82, 2.24) is 15.6 Å². The SMILES string of the molecule is CN=C(NCCOCCC(C)C)NCCc1ccncc1C.I. The van der Waals surface area contributed by atoms with Crippen LogP contribution in [-0.4, -0.2) is 44.3 Å². The second-order valence-corrected chi connectivity index (χ2v) is 5.77. The van der Waals surface area contributed by atoms with Gasteiger partial charge in [0.1, 0.15) is 0 Å². The number of halogens is 1. The summed E-state index contributed by atoms with van der Waals surface area (Å²) in [5.74, 6) is 1.51. The Morgan fingerprint density at radius 1 is 1.26 bits per heavy atom. The molecule has 0 fully saturated rings. The molecule has 1 rings (SSSR count). The fraction of sp³-hybridized carbons (Fsp3) is 0.647. The smallest absolute Gasteiger partial charge is 0.191 e. The molecule has 0 aliphatic carbocycles. The minimum Gasteiger partial charge on any atom is -0.380 e. The standard InChI is InChI=1S/C17H30N4O.HI/c1-14(2)7-11-22-12-10-21-17(18-4)20-9-6-16-5-8-19-13-15(16)3;/h5,8,13-14H,6-7,9-12H2,1-4H3,(H2,18,20,21);1H. The van der Waals surface area contributed by atoms with Crippen molar-refractivity contribution in [3.05, 3.63) is 29.6 Å². The highest BCUT2D eigenvalue weighted by atomic mass is 127. The van der Waals surface area contributed by atoms with Gasteiger partial charge in [0.15, 0.2) is 5.96 Å². The van der Waals surface area contributed by atoms with E-state index in [0.29, 0.717) is 12.5 Å². The van der Waals surface area contributed by atoms with Crippen LogP contribution in [0.2, 0.25) is 0 Å². The van der Waals surface area contributed by atoms with Crippen molar-refractivity contribution in [1.29, 1.82) is 0 Å². The largest absolute Gasteiger partial charge is 0.380 e. The van der Waals surface area contributed by atoms with Crippen LogP contribution in [0, 0.1) is 12.8 Å². The second kappa shape index (κ2) is 13.5. The number of rotatable bonds is 9. The third kappa shape index (κ3) is 10.5. The normalized spacial score (nSPS) is 11.3. The molecule has 5 nitrogen and oxygen atoms in total. The third-order valence-electron chi connectivity index (χ3n) is 3.43. The van der Waals surface area contributed by atoms with Gasteiger partial charge in [0.2, 0.25) is 0 Å². The fourth-order valence-corrected chi connectivity index (χ4v) is 1.98. The maximum Gasteiger partial charge on any atom is 0.191 e. The predicted octanol–water partition coefficient (Wildman–Crippen LogP) is 2.78. The zero-order valence-corrected chi connectivity index (χ0v) is 17.1. The summed E-state index contributed by atoms with van der Waals surface area (Å²) in [6, 6.07) is 2.07. The number of hydrogen-bond acceptors (Lipinski definition) is 3. The average molecular weight is 434 g/mol. The van der Waals surface area contributed by atoms with Crippen molar-refractivity contribution in [3.63, 3.8) is 0 Å². The first-order valence-corrected chi connectivity index (χ1v) is 8.05. The maximum atomic E-state index is 5.58. The molecule has 0 saturated heterocycles. The van der Waals surface area contributed by atoms with Crippen LogP contribution in [0.3, 0.4) is 0 Å². The Morgan fingerprint density at radius 3 is 2.65 bits per heavy atom. The second-order valence-electron chi connectivity index (χ2n) is 5.77. The van der Waals surface area contributed by atoms with Crippen LogP contribution in [0.25, 0.3) is 0 Å². The lowest BCUT2D eigenvalue weighted by Gasteiger charge is -2.13. The van der Waals surface area contributed by atoms with E-state index >= 15 is 0 Å². The highest BCUT2D eigenvalue weighted by molar-refractivity contribution is 14.0. The van der Waals surface area contributed by atoms with E-state index in [-0.39, 0.29) is 24.0 Å². The van der Waals surface area contributed by atoms with Gasteiger partial charge < -0.3 is 15.4 Å². The first kappa shape index (κ1) is 22.1. The molecular weight excluding hydrogens is 403 g/mol. The number of pyridine rings is 1. The molecule has 132 valence electrons. The zero-order valence-electron chi connectivity index (χ0n) is 14.8. The zero-order chi connectivity index (χ0) is 16.2. The van der Waals surface area contributed by atoms with Crippen molar-refractivity contribution in [2.75, 3.05) is 33.4 Å². The highest BCUT2D eigenvalue weighted by Crippen LogP contribution is 2.04. The number of nitrogens with zero attached hydrogens (tertiary/aromatic N) is 2. The molecule has 23 heavy (non-hydrogen) atoms. The lowest BCUT2D eigenvalue weighted by molar-refractivity contribution is 0.128. The van der Waals surface area contributed by atoms with Crippen molar-refractivity contribution in [2.45, 2.75) is 33.6 Å². The third-order valence-corrected chi connectivity index (χ3v) is 3.43. The number of aryl methyl sites for hydroxylation is 1. The van der Waals surface area contributed by atoms with E-state index in [2.05, 4.69) is 47.4 Å². The average Bonchev–Trinajstić information content (AvgIpc) is 2.50. The summed E-state index contributed by atoms with van der Waals surface area (Å²) >= 11 is 0. The Balaban J connectivity index is 0.00000484. The van der Waals surface area contributed by atoms with Crippen LogP contribution in [0.5, 0.6) is 0 Å². The van der Waals surface area contributed by atoms with Crippen molar-refractivity contribution < 1.29 is 4.74 Å². The molecule has 0 amide bonds. The summed E-state index contributed by atoms with van der Waals surface area (Å²) in [4.78, 5) is 8.32. The summed E-state index contributed by atoms with van der Waals surface area (Å²) in [7, 11) is 1.78. The minimum atomic E-state index is 0. The van der Waals surface area contributed by atoms with Crippen LogP contribution in [-0.2, 0) is 11.2 Å². The molecule has 0 aliphatic heterocycles. The lowest BCUT2D eigenvalue weighted by Crippen LogP contribution is -2.39. The fourth-order valence-electron chi connectivity index (χ4n) is 1.98. The first-order valence-electron chi connectivity index (χ1n) is 8.05. The van der Waals surface area contributed by atoms with E-state index in [9.17, 15) is 0 Å². The first-order chi connectivity index (χ1) is 10.6. The highest BCUT2D eigenvalue weighted by Gasteiger charge is 2.00. The van der Waals surface area contributed by atoms with Crippen LogP contribution >= 0.6 is 24.0 Å². The summed E-state index contributed by atoms with van der Waals surface area (Å²) in [6.07, 6.45) is 5.80. The van der Waals surface area contributed by atoms with Gasteiger partial charge in [-0.2, -0.15) is 0 Å². The maximum absolute atomic E-state index is 5.58. The molecule has 0 aliphatic rings. The van der Waals surface area contributed by atoms with E-state index in [0.717, 1.165) is 38.5 Å². The summed E-state index contributed by atoms with van der Waals surface area (Å²) in [6.45, 7) is 9.65. The molecule has 1 heterocycles. The molecule has 0 unspecified atom stereocenters. The molecule has 0 saturated carbocycles. The Labute approximate surface area is 157 Å². The monoisotopic (exact) mass is 434 g/mol. The van der Waals surface area contributed by atoms with Gasteiger partial charge in [-0.15, -0.1) is 24.0 Å². The number of nitrogens with one attached hydrogen (secondary N) is 2. The van der Waals surface area contributed by atoms with Crippen molar-refractivity contribution in [3.8, 4) is 0 Å². The topological polar surface area (TPSA) is 58.5 Å². The summed E-state index contributed by atoms with van der Waals surface area (Å²) < 4.78 is 5.58. The number of aliphatic imine (C=N–C) groups is 1. The summed E-state index contributed by atoms with van der Waals surface area (Å²) in [5.41, 5.74) is 2.54. The van der Waals surface area contributed by atoms with Gasteiger partial charge in [0.05, 0.1) is 6.61 Å². The number of ether oxygens (including phenoxy) is 1. The van der Waals surface area contributed by atoms with Gasteiger partial charge in [-0.25, -0.2) is 0 Å². The van der Waals surface area contributed by atoms with E-state index in [1.165, 1.54) is 11.1 Å². The van der Waals surface area contributed by atoms with E-state index < -0.39 is 0 Å². The Kier molecular flexibility index (Phi) is 13.0. The molecule has 6 heteroatoms. The molecular formula is C17H31IN4O. The number of guanidine groups is 1. The number of aromatic nitrogens is 1. The molecule has 2 N–H and O–H groups in total. The van der Waals surface area contributed by atoms with Crippen LogP contribution < -0.4 is 10.6 Å². The van der Waals surface area contributed by atoms with Crippen LogP contribution in [0.4, 0.5) is 0 Å². The van der Waals surface area contributed by atoms with Gasteiger partial charge in [0.25, 0.3) is 0 Å². The van der Waals surface area contributed by atoms with Crippen molar-refractivity contribution in [2.24, 2.45) is 10.9 Å². The molecule has 0 bridgehead atoms. The molecule has 0 aromatic carbocycles. The van der Waals surface area contributed by atoms with E-state index in [4.69, 9.17) is 4.74 Å². The summed E-state index contributed by atoms with van der Waals surface area (Å²) in [5, 5.41) is 6.58. The quantitative estimate of drug-likeness (QED) is 0.272. The van der Waals surface area contributed by atoms with Crippen molar-refractivity contribution >= 4 is 29.9 Å². The molecule has 1 aromatic heterocycles. The Bertz CT molecular complexity index is 452. The van der Waals surface area contributed by atoms with E-state index in [1.807, 2.05) is 12.4 Å². The van der Waals surface area contributed by atoms with Gasteiger partial charge in [0, 0.05) is 39.1 Å². The minimum absolute atomic E-state index is 0. The van der Waals surface area contributed by atoms with Gasteiger partial charge in [-0.1, -0.05) is 13.8 Å². The van der Waals surface area contributed by atoms with E-state index in [1.54, 1.807) is 7.05 Å². The molecule has 0 atom stereocenters. The number of hydrogen-bond donors (Lipinski definition) is 2.